The molecule has 7 nitrogen and oxygen atoms in total. The molecular formula is C26H28FN5O2. The summed E-state index contributed by atoms with van der Waals surface area (Å²) in [5.41, 5.74) is 2.39. The maximum Gasteiger partial charge on any atom is 0.272 e. The van der Waals surface area contributed by atoms with Gasteiger partial charge in [-0.2, -0.15) is 5.10 Å². The fourth-order valence-electron chi connectivity index (χ4n) is 4.67. The van der Waals surface area contributed by atoms with Crippen LogP contribution in [-0.2, 0) is 19.6 Å². The normalized spacial score (nSPS) is 17.0. The predicted octanol–water partition coefficient (Wildman–Crippen LogP) is 3.07. The van der Waals surface area contributed by atoms with E-state index in [1.807, 2.05) is 6.07 Å². The van der Waals surface area contributed by atoms with Crippen molar-refractivity contribution in [2.75, 3.05) is 19.6 Å². The molecule has 0 bridgehead atoms. The van der Waals surface area contributed by atoms with Crippen LogP contribution in [0, 0.1) is 5.82 Å². The molecule has 2 aliphatic rings. The minimum atomic E-state index is -0.329. The Morgan fingerprint density at radius 3 is 2.47 bits per heavy atom. The summed E-state index contributed by atoms with van der Waals surface area (Å²) < 4.78 is 15.6. The van der Waals surface area contributed by atoms with E-state index < -0.39 is 0 Å². The molecule has 1 fully saturated rings. The summed E-state index contributed by atoms with van der Waals surface area (Å²) in [4.78, 5) is 29.8. The number of likely N-dealkylation sites (tertiary alicyclic amines) is 1. The first kappa shape index (κ1) is 22.3. The maximum absolute atomic E-state index is 14.0. The predicted molar refractivity (Wildman–Crippen MR) is 126 cm³/mol. The zero-order valence-electron chi connectivity index (χ0n) is 19.0. The molecule has 0 spiro atoms. The second-order valence-electron chi connectivity index (χ2n) is 8.97. The van der Waals surface area contributed by atoms with Gasteiger partial charge in [-0.15, -0.1) is 0 Å². The van der Waals surface area contributed by atoms with E-state index in [4.69, 9.17) is 0 Å². The Bertz CT molecular complexity index is 1170. The molecule has 0 saturated carbocycles. The Kier molecular flexibility index (Phi) is 6.40. The second-order valence-corrected chi connectivity index (χ2v) is 8.97. The zero-order chi connectivity index (χ0) is 23.5. The highest BCUT2D eigenvalue weighted by atomic mass is 19.1. The van der Waals surface area contributed by atoms with Crippen LogP contribution in [0.3, 0.4) is 0 Å². The Balaban J connectivity index is 1.17. The number of fused-ring (bicyclic) bond motifs is 1. The van der Waals surface area contributed by atoms with Crippen LogP contribution in [0.4, 0.5) is 4.39 Å². The number of piperidine rings is 1. The van der Waals surface area contributed by atoms with Gasteiger partial charge in [0.25, 0.3) is 11.8 Å². The van der Waals surface area contributed by atoms with E-state index in [2.05, 4.69) is 39.6 Å². The Morgan fingerprint density at radius 2 is 1.71 bits per heavy atom. The molecule has 2 amide bonds. The highest BCUT2D eigenvalue weighted by molar-refractivity contribution is 5.98. The Hall–Kier alpha value is -3.52. The molecule has 1 N–H and O–H groups in total. The van der Waals surface area contributed by atoms with E-state index in [-0.39, 0.29) is 35.9 Å². The van der Waals surface area contributed by atoms with Crippen LogP contribution in [0.2, 0.25) is 0 Å². The quantitative estimate of drug-likeness (QED) is 0.613. The third kappa shape index (κ3) is 4.87. The van der Waals surface area contributed by atoms with Crippen molar-refractivity contribution in [1.29, 1.82) is 0 Å². The van der Waals surface area contributed by atoms with Crippen LogP contribution >= 0.6 is 0 Å². The van der Waals surface area contributed by atoms with Crippen molar-refractivity contribution in [3.8, 4) is 0 Å². The summed E-state index contributed by atoms with van der Waals surface area (Å²) in [5.74, 6) is -0.823. The van der Waals surface area contributed by atoms with Gasteiger partial charge in [-0.05, 0) is 24.5 Å². The number of benzene rings is 2. The molecule has 176 valence electrons. The van der Waals surface area contributed by atoms with Crippen LogP contribution in [0.5, 0.6) is 0 Å². The minimum absolute atomic E-state index is 0.0894. The first-order valence-electron chi connectivity index (χ1n) is 11.7. The van der Waals surface area contributed by atoms with Gasteiger partial charge in [0.2, 0.25) is 0 Å². The van der Waals surface area contributed by atoms with E-state index in [0.717, 1.165) is 32.5 Å². The van der Waals surface area contributed by atoms with Crippen LogP contribution < -0.4 is 5.32 Å². The van der Waals surface area contributed by atoms with E-state index in [0.29, 0.717) is 24.3 Å². The zero-order valence-corrected chi connectivity index (χ0v) is 19.0. The van der Waals surface area contributed by atoms with Crippen LogP contribution in [0.25, 0.3) is 0 Å². The van der Waals surface area contributed by atoms with Gasteiger partial charge in [0.1, 0.15) is 11.5 Å². The molecule has 1 aromatic heterocycles. The van der Waals surface area contributed by atoms with E-state index >= 15 is 0 Å². The van der Waals surface area contributed by atoms with Crippen LogP contribution in [0.1, 0.15) is 44.9 Å². The van der Waals surface area contributed by atoms with Crippen LogP contribution in [-0.4, -0.2) is 57.1 Å². The lowest BCUT2D eigenvalue weighted by Gasteiger charge is -2.32. The van der Waals surface area contributed by atoms with E-state index in [1.165, 1.54) is 11.6 Å². The van der Waals surface area contributed by atoms with Crippen molar-refractivity contribution in [2.45, 2.75) is 38.5 Å². The fourth-order valence-corrected chi connectivity index (χ4v) is 4.67. The molecule has 34 heavy (non-hydrogen) atoms. The first-order chi connectivity index (χ1) is 16.6. The summed E-state index contributed by atoms with van der Waals surface area (Å²) in [5, 5.41) is 7.46. The number of halogens is 1. The van der Waals surface area contributed by atoms with Gasteiger partial charge in [0, 0.05) is 50.4 Å². The average molecular weight is 462 g/mol. The van der Waals surface area contributed by atoms with Crippen LogP contribution in [0.15, 0.2) is 60.7 Å². The molecule has 5 rings (SSSR count). The summed E-state index contributed by atoms with van der Waals surface area (Å²) in [6.07, 6.45) is 1.75. The van der Waals surface area contributed by atoms with E-state index in [1.54, 1.807) is 33.8 Å². The molecule has 2 aliphatic heterocycles. The van der Waals surface area contributed by atoms with Gasteiger partial charge >= 0.3 is 0 Å². The summed E-state index contributed by atoms with van der Waals surface area (Å²) in [6.45, 7) is 3.84. The smallest absolute Gasteiger partial charge is 0.272 e. The van der Waals surface area contributed by atoms with Crippen molar-refractivity contribution < 1.29 is 14.0 Å². The maximum atomic E-state index is 14.0. The number of nitrogens with one attached hydrogen (secondary N) is 1. The monoisotopic (exact) mass is 461 g/mol. The lowest BCUT2D eigenvalue weighted by molar-refractivity contribution is 0.0681. The third-order valence-electron chi connectivity index (χ3n) is 6.59. The SMILES string of the molecule is O=C(NC1CCN(Cc2ccccc2)CC1)c1cc2n(n1)CCN(Cc1ccccc1F)C2=O. The number of nitrogens with zero attached hydrogens (tertiary/aromatic N) is 4. The highest BCUT2D eigenvalue weighted by Crippen LogP contribution is 2.19. The number of aromatic nitrogens is 2. The van der Waals surface area contributed by atoms with E-state index in [9.17, 15) is 14.0 Å². The standard InChI is InChI=1S/C26H28FN5O2/c27-22-9-5-4-8-20(22)18-31-14-15-32-24(26(31)34)16-23(29-32)25(33)28-21-10-12-30(13-11-21)17-19-6-2-1-3-7-19/h1-9,16,21H,10-15,17-18H2,(H,28,33). The summed E-state index contributed by atoms with van der Waals surface area (Å²) >= 11 is 0. The van der Waals surface area contributed by atoms with Gasteiger partial charge in [-0.25, -0.2) is 4.39 Å². The molecular weight excluding hydrogens is 433 g/mol. The van der Waals surface area contributed by atoms with Gasteiger partial charge in [-0.3, -0.25) is 19.2 Å². The lowest BCUT2D eigenvalue weighted by atomic mass is 10.0. The molecule has 3 aromatic rings. The van der Waals surface area contributed by atoms with Crippen molar-refractivity contribution in [1.82, 2.24) is 24.9 Å². The van der Waals surface area contributed by atoms with Gasteiger partial charge in [0.15, 0.2) is 5.69 Å². The minimum Gasteiger partial charge on any atom is -0.348 e. The highest BCUT2D eigenvalue weighted by Gasteiger charge is 2.29. The molecule has 0 aliphatic carbocycles. The number of amides is 2. The first-order valence-corrected chi connectivity index (χ1v) is 11.7. The number of rotatable bonds is 6. The molecule has 0 radical (unpaired) electrons. The molecule has 2 aromatic carbocycles. The third-order valence-corrected chi connectivity index (χ3v) is 6.59. The lowest BCUT2D eigenvalue weighted by Crippen LogP contribution is -2.44. The van der Waals surface area contributed by atoms with Crippen molar-refractivity contribution in [3.05, 3.63) is 89.0 Å². The van der Waals surface area contributed by atoms with Gasteiger partial charge in [0.05, 0.1) is 6.54 Å². The summed E-state index contributed by atoms with van der Waals surface area (Å²) in [6, 6.07) is 18.5. The molecule has 1 saturated heterocycles. The average Bonchev–Trinajstić information content (AvgIpc) is 3.30. The number of hydrogen-bond acceptors (Lipinski definition) is 4. The van der Waals surface area contributed by atoms with Crippen molar-refractivity contribution in [3.63, 3.8) is 0 Å². The van der Waals surface area contributed by atoms with Crippen molar-refractivity contribution in [2.24, 2.45) is 0 Å². The number of carbonyl (C=O) groups excluding carboxylic acids is 2. The second kappa shape index (κ2) is 9.77. The Labute approximate surface area is 198 Å². The molecule has 0 atom stereocenters. The number of carbonyl (C=O) groups is 2. The molecule has 3 heterocycles. The Morgan fingerprint density at radius 1 is 0.971 bits per heavy atom. The largest absolute Gasteiger partial charge is 0.348 e. The molecule has 0 unspecified atom stereocenters. The van der Waals surface area contributed by atoms with Gasteiger partial charge < -0.3 is 10.2 Å². The fraction of sp³-hybridized carbons (Fsp3) is 0.346. The van der Waals surface area contributed by atoms with Crippen molar-refractivity contribution >= 4 is 11.8 Å². The topological polar surface area (TPSA) is 70.5 Å². The summed E-state index contributed by atoms with van der Waals surface area (Å²) in [7, 11) is 0. The number of hydrogen-bond donors (Lipinski definition) is 1. The van der Waals surface area contributed by atoms with Gasteiger partial charge in [-0.1, -0.05) is 48.5 Å². The molecule has 8 heteroatoms.